The van der Waals surface area contributed by atoms with Crippen LogP contribution in [0.25, 0.3) is 0 Å². The van der Waals surface area contributed by atoms with E-state index in [1.54, 1.807) is 6.92 Å². The number of hydrogen-bond acceptors (Lipinski definition) is 3. The average Bonchev–Trinajstić information content (AvgIpc) is 3.41. The van der Waals surface area contributed by atoms with Crippen LogP contribution in [0.15, 0.2) is 39.4 Å². The van der Waals surface area contributed by atoms with Gasteiger partial charge in [0.1, 0.15) is 0 Å². The van der Waals surface area contributed by atoms with Crippen molar-refractivity contribution in [2.24, 2.45) is 58.3 Å². The third-order valence-electron chi connectivity index (χ3n) is 14.9. The molecule has 2 heterocycles. The molecule has 5 rings (SSSR count). The quantitative estimate of drug-likeness (QED) is 0.152. The molecule has 3 aliphatic carbocycles. The summed E-state index contributed by atoms with van der Waals surface area (Å²) in [6.45, 7) is 17.5. The fourth-order valence-electron chi connectivity index (χ4n) is 11.7. The number of halogens is 3. The maximum Gasteiger partial charge on any atom is 0.395 e. The van der Waals surface area contributed by atoms with Crippen LogP contribution >= 0.6 is 0 Å². The smallest absolute Gasteiger partial charge is 0.393 e. The molecule has 6 heteroatoms. The Morgan fingerprint density at radius 3 is 2.45 bits per heavy atom. The van der Waals surface area contributed by atoms with Crippen molar-refractivity contribution in [2.45, 2.75) is 189 Å². The van der Waals surface area contributed by atoms with Crippen LogP contribution in [-0.2, 0) is 4.74 Å². The summed E-state index contributed by atoms with van der Waals surface area (Å²) in [6.07, 6.45) is 15.4. The fourth-order valence-corrected chi connectivity index (χ4v) is 11.7. The third kappa shape index (κ3) is 9.46. The molecule has 2 aliphatic heterocycles. The summed E-state index contributed by atoms with van der Waals surface area (Å²) in [5.41, 5.74) is 5.76. The highest BCUT2D eigenvalue weighted by Crippen LogP contribution is 2.50. The zero-order chi connectivity index (χ0) is 37.0. The van der Waals surface area contributed by atoms with E-state index in [4.69, 9.17) is 9.73 Å². The van der Waals surface area contributed by atoms with Gasteiger partial charge in [-0.15, -0.1) is 0 Å². The van der Waals surface area contributed by atoms with Crippen molar-refractivity contribution >= 4 is 5.71 Å². The van der Waals surface area contributed by atoms with Gasteiger partial charge in [-0.3, -0.25) is 4.99 Å². The van der Waals surface area contributed by atoms with Gasteiger partial charge in [0.05, 0.1) is 30.3 Å². The first kappa shape index (κ1) is 40.8. The second-order valence-corrected chi connectivity index (χ2v) is 17.9. The molecule has 0 aromatic carbocycles. The van der Waals surface area contributed by atoms with E-state index in [-0.39, 0.29) is 17.9 Å². The normalized spacial score (nSPS) is 38.7. The number of unbranched alkanes of at least 4 members (excludes halogenated alkanes) is 1. The Balaban J connectivity index is 1.19. The van der Waals surface area contributed by atoms with Crippen LogP contribution < -0.4 is 0 Å². The first-order valence-electron chi connectivity index (χ1n) is 21.2. The molecule has 3 nitrogen and oxygen atoms in total. The Bertz CT molecular complexity index is 1280. The van der Waals surface area contributed by atoms with Crippen LogP contribution in [0.1, 0.15) is 158 Å². The molecule has 1 N–H and O–H groups in total. The monoisotopic (exact) mass is 716 g/mol. The highest BCUT2D eigenvalue weighted by molar-refractivity contribution is 5.90. The lowest BCUT2D eigenvalue weighted by atomic mass is 9.67. The lowest BCUT2D eigenvalue weighted by Crippen LogP contribution is -2.37. The number of alkyl halides is 3. The van der Waals surface area contributed by atoms with Crippen molar-refractivity contribution < 1.29 is 23.0 Å². The molecule has 0 spiro atoms. The van der Waals surface area contributed by atoms with E-state index in [0.29, 0.717) is 79.0 Å². The van der Waals surface area contributed by atoms with Crippen LogP contribution in [-0.4, -0.2) is 41.3 Å². The molecule has 290 valence electrons. The van der Waals surface area contributed by atoms with Gasteiger partial charge in [-0.1, -0.05) is 62.5 Å². The van der Waals surface area contributed by atoms with Crippen molar-refractivity contribution in [1.82, 2.24) is 0 Å². The van der Waals surface area contributed by atoms with Crippen LogP contribution in [0, 0.1) is 53.3 Å². The van der Waals surface area contributed by atoms with E-state index in [1.165, 1.54) is 29.7 Å². The Kier molecular flexibility index (Phi) is 14.3. The summed E-state index contributed by atoms with van der Waals surface area (Å²) in [4.78, 5) is 5.35. The molecule has 5 aliphatic rings. The van der Waals surface area contributed by atoms with Crippen molar-refractivity contribution in [3.63, 3.8) is 0 Å². The van der Waals surface area contributed by atoms with E-state index in [9.17, 15) is 18.3 Å². The van der Waals surface area contributed by atoms with Crippen LogP contribution in [0.3, 0.4) is 0 Å². The highest BCUT2D eigenvalue weighted by atomic mass is 19.4. The zero-order valence-electron chi connectivity index (χ0n) is 33.4. The van der Waals surface area contributed by atoms with Crippen LogP contribution in [0.4, 0.5) is 13.2 Å². The summed E-state index contributed by atoms with van der Waals surface area (Å²) >= 11 is 0. The second-order valence-electron chi connectivity index (χ2n) is 17.9. The Morgan fingerprint density at radius 1 is 1.02 bits per heavy atom. The average molecular weight is 716 g/mol. The predicted octanol–water partition coefficient (Wildman–Crippen LogP) is 12.6. The van der Waals surface area contributed by atoms with Crippen molar-refractivity contribution in [1.29, 1.82) is 0 Å². The number of allylic oxidation sites excluding steroid dienone is 5. The summed E-state index contributed by atoms with van der Waals surface area (Å²) < 4.78 is 49.9. The summed E-state index contributed by atoms with van der Waals surface area (Å²) in [6, 6.07) is 0.205. The van der Waals surface area contributed by atoms with Crippen LogP contribution in [0.2, 0.25) is 0 Å². The van der Waals surface area contributed by atoms with Crippen molar-refractivity contribution in [3.05, 3.63) is 34.4 Å². The number of hydrogen-bond donors (Lipinski definition) is 1. The molecule has 1 saturated heterocycles. The van der Waals surface area contributed by atoms with Crippen molar-refractivity contribution in [2.75, 3.05) is 0 Å². The van der Waals surface area contributed by atoms with E-state index in [1.807, 2.05) is 0 Å². The molecule has 2 fully saturated rings. The first-order chi connectivity index (χ1) is 24.2. The Morgan fingerprint density at radius 2 is 1.78 bits per heavy atom. The molecular weight excluding hydrogens is 643 g/mol. The Labute approximate surface area is 309 Å². The molecule has 13 unspecified atom stereocenters. The van der Waals surface area contributed by atoms with Gasteiger partial charge >= 0.3 is 6.18 Å². The lowest BCUT2D eigenvalue weighted by Gasteiger charge is -2.40. The largest absolute Gasteiger partial charge is 0.395 e. The minimum atomic E-state index is -4.22. The maximum absolute atomic E-state index is 14.5. The number of rotatable bonds is 13. The number of aliphatic hydroxyl groups is 1. The number of aliphatic hydroxyl groups excluding tert-OH is 1. The topological polar surface area (TPSA) is 41.8 Å². The number of nitrogens with zero attached hydrogens (tertiary/aromatic N) is 1. The van der Waals surface area contributed by atoms with Gasteiger partial charge in [-0.25, -0.2) is 0 Å². The van der Waals surface area contributed by atoms with Crippen LogP contribution in [0.5, 0.6) is 0 Å². The highest BCUT2D eigenvalue weighted by Gasteiger charge is 2.48. The second kappa shape index (κ2) is 17.8. The molecule has 0 radical (unpaired) electrons. The number of fused-ring (bicyclic) bond motifs is 1. The standard InChI is InChI=1S/C45H72F3NO2/c1-9-13-33(10-2)14-11-12-15-36-19-18-34(29(5)43(36)45(46,47)48)22-25-41(50)37-17-16-27(3)40(26-37)44-39-24-21-35(20-23-38(39)30(6)49-44)42-28(4)31(7)51-32(42)8/h10,24,27-28,31-32,35-38,40-44,50H,9,11-23,25-26H2,1-8H3. The summed E-state index contributed by atoms with van der Waals surface area (Å²) in [5, 5.41) is 11.6. The van der Waals surface area contributed by atoms with Gasteiger partial charge < -0.3 is 9.84 Å². The molecule has 0 bridgehead atoms. The molecule has 13 atom stereocenters. The first-order valence-corrected chi connectivity index (χ1v) is 21.2. The molecule has 0 aromatic heterocycles. The summed E-state index contributed by atoms with van der Waals surface area (Å²) in [5.74, 6) is 1.75. The van der Waals surface area contributed by atoms with Gasteiger partial charge in [0.25, 0.3) is 0 Å². The lowest BCUT2D eigenvalue weighted by molar-refractivity contribution is -0.180. The predicted molar refractivity (Wildman–Crippen MR) is 206 cm³/mol. The maximum atomic E-state index is 14.5. The van der Waals surface area contributed by atoms with Gasteiger partial charge in [0, 0.05) is 11.6 Å². The van der Waals surface area contributed by atoms with Crippen molar-refractivity contribution in [3.8, 4) is 0 Å². The molecule has 0 aromatic rings. The van der Waals surface area contributed by atoms with E-state index in [0.717, 1.165) is 69.8 Å². The summed E-state index contributed by atoms with van der Waals surface area (Å²) in [7, 11) is 0. The fraction of sp³-hybridized carbons (Fsp3) is 0.844. The minimum absolute atomic E-state index is 0.184. The van der Waals surface area contributed by atoms with Gasteiger partial charge in [-0.05, 0) is 172 Å². The SMILES string of the molecule is CC=C(CCC)CCCCC1CCC(CCC(O)C2CCC(C)C(C3N=C(C)C4CCC(C5C(C)OC(C)C5C)CC=C43)C2)=C(C)C1C(F)(F)F. The zero-order valence-corrected chi connectivity index (χ0v) is 33.4. The van der Waals surface area contributed by atoms with E-state index >= 15 is 0 Å². The van der Waals surface area contributed by atoms with Gasteiger partial charge in [0.15, 0.2) is 0 Å². The van der Waals surface area contributed by atoms with E-state index < -0.39 is 18.2 Å². The van der Waals surface area contributed by atoms with Gasteiger partial charge in [0.2, 0.25) is 0 Å². The molecular formula is C45H72F3NO2. The third-order valence-corrected chi connectivity index (χ3v) is 14.9. The van der Waals surface area contributed by atoms with Gasteiger partial charge in [-0.2, -0.15) is 13.2 Å². The van der Waals surface area contributed by atoms with E-state index in [2.05, 4.69) is 60.6 Å². The minimum Gasteiger partial charge on any atom is -0.393 e. The number of aliphatic imine (C=N–C) groups is 1. The molecule has 1 saturated carbocycles. The number of ether oxygens (including phenoxy) is 1. The molecule has 0 amide bonds. The molecule has 51 heavy (non-hydrogen) atoms. The Hall–Kier alpha value is -1.40.